The van der Waals surface area contributed by atoms with Gasteiger partial charge in [0.1, 0.15) is 0 Å². The molecule has 3 N–H and O–H groups in total. The topological polar surface area (TPSA) is 72.2 Å². The number of nitrogen functional groups attached to an aromatic ring is 1. The van der Waals surface area contributed by atoms with Crippen molar-refractivity contribution >= 4 is 33.0 Å². The number of hydrogen-bond acceptors (Lipinski definition) is 3. The van der Waals surface area contributed by atoms with Gasteiger partial charge >= 0.3 is 0 Å². The number of nitrogens with two attached hydrogens (primary N) is 1. The number of sulfonamides is 1. The lowest BCUT2D eigenvalue weighted by Crippen LogP contribution is -2.26. The van der Waals surface area contributed by atoms with Crippen LogP contribution in [0.4, 0.5) is 11.4 Å². The van der Waals surface area contributed by atoms with Crippen molar-refractivity contribution < 1.29 is 8.42 Å². The number of anilines is 2. The van der Waals surface area contributed by atoms with Crippen LogP contribution in [0.25, 0.3) is 0 Å². The summed E-state index contributed by atoms with van der Waals surface area (Å²) < 4.78 is 26.2. The fraction of sp³-hybridized carbons (Fsp3) is 0.455. The second-order valence-corrected chi connectivity index (χ2v) is 7.26. The third-order valence-electron chi connectivity index (χ3n) is 1.93. The minimum atomic E-state index is -3.45. The zero-order valence-corrected chi connectivity index (χ0v) is 11.7. The number of hydrogen-bond donors (Lipinski definition) is 2. The average Bonchev–Trinajstić information content (AvgIpc) is 2.07. The van der Waals surface area contributed by atoms with Gasteiger partial charge in [0.05, 0.1) is 22.2 Å². The Morgan fingerprint density at radius 3 is 2.41 bits per heavy atom. The van der Waals surface area contributed by atoms with E-state index >= 15 is 0 Å². The van der Waals surface area contributed by atoms with Gasteiger partial charge < -0.3 is 5.73 Å². The van der Waals surface area contributed by atoms with Crippen LogP contribution in [-0.2, 0) is 10.0 Å². The molecule has 0 bridgehead atoms. The lowest BCUT2D eigenvalue weighted by Gasteiger charge is -2.19. The quantitative estimate of drug-likeness (QED) is 0.834. The van der Waals surface area contributed by atoms with E-state index in [1.807, 2.05) is 20.8 Å². The lowest BCUT2D eigenvalue weighted by atomic mass is 10.0. The van der Waals surface area contributed by atoms with Gasteiger partial charge in [0.2, 0.25) is 10.0 Å². The van der Waals surface area contributed by atoms with E-state index < -0.39 is 10.0 Å². The summed E-state index contributed by atoms with van der Waals surface area (Å²) in [5.74, 6) is 0.00463. The molecule has 0 aromatic heterocycles. The van der Waals surface area contributed by atoms with Crippen molar-refractivity contribution in [2.75, 3.05) is 16.2 Å². The van der Waals surface area contributed by atoms with Gasteiger partial charge in [-0.05, 0) is 17.5 Å². The summed E-state index contributed by atoms with van der Waals surface area (Å²) in [6.45, 7) is 5.55. The molecule has 1 rings (SSSR count). The van der Waals surface area contributed by atoms with E-state index in [0.29, 0.717) is 10.7 Å². The summed E-state index contributed by atoms with van der Waals surface area (Å²) in [6.07, 6.45) is 0. The highest BCUT2D eigenvalue weighted by Crippen LogP contribution is 2.29. The van der Waals surface area contributed by atoms with Gasteiger partial charge in [-0.3, -0.25) is 4.72 Å². The number of rotatable bonds is 3. The Hall–Kier alpha value is -0.940. The van der Waals surface area contributed by atoms with Crippen LogP contribution in [0.2, 0.25) is 5.02 Å². The van der Waals surface area contributed by atoms with Crippen LogP contribution in [0.1, 0.15) is 20.8 Å². The van der Waals surface area contributed by atoms with Gasteiger partial charge in [0.15, 0.2) is 0 Å². The Labute approximate surface area is 107 Å². The Morgan fingerprint density at radius 1 is 1.35 bits per heavy atom. The van der Waals surface area contributed by atoms with Gasteiger partial charge in [-0.1, -0.05) is 38.4 Å². The van der Waals surface area contributed by atoms with Crippen molar-refractivity contribution in [1.82, 2.24) is 0 Å². The minimum absolute atomic E-state index is 0.00463. The van der Waals surface area contributed by atoms with Crippen LogP contribution in [0.5, 0.6) is 0 Å². The largest absolute Gasteiger partial charge is 0.397 e. The monoisotopic (exact) mass is 276 g/mol. The van der Waals surface area contributed by atoms with E-state index in [1.54, 1.807) is 18.2 Å². The predicted octanol–water partition coefficient (Wildman–Crippen LogP) is 2.71. The van der Waals surface area contributed by atoms with Gasteiger partial charge in [-0.2, -0.15) is 0 Å². The minimum Gasteiger partial charge on any atom is -0.397 e. The van der Waals surface area contributed by atoms with Crippen LogP contribution < -0.4 is 10.5 Å². The van der Waals surface area contributed by atoms with Crippen molar-refractivity contribution in [3.05, 3.63) is 23.2 Å². The molecule has 0 saturated heterocycles. The standard InChI is InChI=1S/C11H17ClN2O2S/c1-11(2,3)7-17(15,16)14-10-8(12)5-4-6-9(10)13/h4-6,14H,7,13H2,1-3H3. The van der Waals surface area contributed by atoms with Gasteiger partial charge in [-0.15, -0.1) is 0 Å². The summed E-state index contributed by atoms with van der Waals surface area (Å²) in [7, 11) is -3.45. The molecule has 0 aliphatic carbocycles. The maximum absolute atomic E-state index is 11.9. The van der Waals surface area contributed by atoms with E-state index in [0.717, 1.165) is 0 Å². The van der Waals surface area contributed by atoms with Crippen LogP contribution in [0.15, 0.2) is 18.2 Å². The molecule has 1 aromatic rings. The molecule has 0 aliphatic rings. The molecule has 0 saturated carbocycles. The second kappa shape index (κ2) is 4.74. The normalized spacial score (nSPS) is 12.5. The van der Waals surface area contributed by atoms with Crippen LogP contribution in [0.3, 0.4) is 0 Å². The Morgan fingerprint density at radius 2 is 1.94 bits per heavy atom. The van der Waals surface area contributed by atoms with Crippen LogP contribution in [0, 0.1) is 5.41 Å². The molecule has 0 unspecified atom stereocenters. The van der Waals surface area contributed by atoms with Gasteiger partial charge in [0, 0.05) is 0 Å². The van der Waals surface area contributed by atoms with E-state index in [1.165, 1.54) is 0 Å². The molecular formula is C11H17ClN2O2S. The SMILES string of the molecule is CC(C)(C)CS(=O)(=O)Nc1c(N)cccc1Cl. The van der Waals surface area contributed by atoms with Crippen LogP contribution in [-0.4, -0.2) is 14.2 Å². The van der Waals surface area contributed by atoms with Crippen molar-refractivity contribution in [3.8, 4) is 0 Å². The lowest BCUT2D eigenvalue weighted by molar-refractivity contribution is 0.463. The number of nitrogens with one attached hydrogen (secondary N) is 1. The first-order valence-corrected chi connectivity index (χ1v) is 7.18. The van der Waals surface area contributed by atoms with Crippen molar-refractivity contribution in [1.29, 1.82) is 0 Å². The van der Waals surface area contributed by atoms with E-state index in [4.69, 9.17) is 17.3 Å². The molecule has 0 fully saturated rings. The molecule has 0 atom stereocenters. The van der Waals surface area contributed by atoms with Crippen LogP contribution >= 0.6 is 11.6 Å². The number of benzene rings is 1. The molecule has 6 heteroatoms. The fourth-order valence-corrected chi connectivity index (χ4v) is 3.45. The summed E-state index contributed by atoms with van der Waals surface area (Å²) >= 11 is 5.90. The first-order chi connectivity index (χ1) is 7.61. The fourth-order valence-electron chi connectivity index (χ4n) is 1.41. The summed E-state index contributed by atoms with van der Waals surface area (Å²) in [5, 5.41) is 0.294. The predicted molar refractivity (Wildman–Crippen MR) is 72.7 cm³/mol. The third kappa shape index (κ3) is 4.44. The molecule has 0 aliphatic heterocycles. The molecule has 0 heterocycles. The molecule has 96 valence electrons. The molecule has 0 radical (unpaired) electrons. The van der Waals surface area contributed by atoms with Crippen molar-refractivity contribution in [2.45, 2.75) is 20.8 Å². The van der Waals surface area contributed by atoms with Gasteiger partial charge in [0.25, 0.3) is 0 Å². The maximum atomic E-state index is 11.9. The van der Waals surface area contributed by atoms with Crippen molar-refractivity contribution in [2.24, 2.45) is 5.41 Å². The molecule has 1 aromatic carbocycles. The van der Waals surface area contributed by atoms with E-state index in [2.05, 4.69) is 4.72 Å². The molecule has 0 amide bonds. The second-order valence-electron chi connectivity index (χ2n) is 5.13. The average molecular weight is 277 g/mol. The van der Waals surface area contributed by atoms with Gasteiger partial charge in [-0.25, -0.2) is 8.42 Å². The molecule has 4 nitrogen and oxygen atoms in total. The number of halogens is 1. The van der Waals surface area contributed by atoms with E-state index in [9.17, 15) is 8.42 Å². The maximum Gasteiger partial charge on any atom is 0.233 e. The summed E-state index contributed by atoms with van der Waals surface area (Å²) in [4.78, 5) is 0. The first kappa shape index (κ1) is 14.1. The summed E-state index contributed by atoms with van der Waals surface area (Å²) in [5.41, 5.74) is 5.91. The highest BCUT2D eigenvalue weighted by atomic mass is 35.5. The molecular weight excluding hydrogens is 260 g/mol. The highest BCUT2D eigenvalue weighted by Gasteiger charge is 2.22. The van der Waals surface area contributed by atoms with E-state index in [-0.39, 0.29) is 16.9 Å². The third-order valence-corrected chi connectivity index (χ3v) is 4.00. The smallest absolute Gasteiger partial charge is 0.233 e. The zero-order chi connectivity index (χ0) is 13.3. The number of para-hydroxylation sites is 1. The Balaban J connectivity index is 2.99. The summed E-state index contributed by atoms with van der Waals surface area (Å²) in [6, 6.07) is 4.85. The van der Waals surface area contributed by atoms with Crippen molar-refractivity contribution in [3.63, 3.8) is 0 Å². The Kier molecular flexibility index (Phi) is 3.94. The molecule has 0 spiro atoms. The zero-order valence-electron chi connectivity index (χ0n) is 10.1. The molecule has 17 heavy (non-hydrogen) atoms. The highest BCUT2D eigenvalue weighted by molar-refractivity contribution is 7.92. The Bertz CT molecular complexity index is 486. The first-order valence-electron chi connectivity index (χ1n) is 5.15.